The highest BCUT2D eigenvalue weighted by atomic mass is 79.9. The minimum atomic E-state index is -3.68. The monoisotopic (exact) mass is 629 g/mol. The van der Waals surface area contributed by atoms with Gasteiger partial charge in [-0.15, -0.1) is 0 Å². The van der Waals surface area contributed by atoms with Gasteiger partial charge in [-0.05, 0) is 66.9 Å². The molecule has 40 heavy (non-hydrogen) atoms. The van der Waals surface area contributed by atoms with Gasteiger partial charge in [-0.25, -0.2) is 13.1 Å². The number of hydrogen-bond donors (Lipinski definition) is 1. The van der Waals surface area contributed by atoms with E-state index in [-0.39, 0.29) is 23.0 Å². The van der Waals surface area contributed by atoms with Gasteiger partial charge in [0, 0.05) is 6.04 Å². The Morgan fingerprint density at radius 1 is 0.550 bits per heavy atom. The molecule has 0 aliphatic heterocycles. The van der Waals surface area contributed by atoms with E-state index < -0.39 is 17.3 Å². The largest absolute Gasteiger partial charge is 1.00 e. The minimum Gasteiger partial charge on any atom is -1.00 e. The van der Waals surface area contributed by atoms with Crippen LogP contribution in [0.2, 0.25) is 0 Å². The van der Waals surface area contributed by atoms with Gasteiger partial charge < -0.3 is 17.0 Å². The Kier molecular flexibility index (Phi) is 10.5. The Morgan fingerprint density at radius 2 is 0.925 bits per heavy atom. The van der Waals surface area contributed by atoms with Crippen LogP contribution in [0.5, 0.6) is 0 Å². The molecule has 5 rings (SSSR count). The van der Waals surface area contributed by atoms with E-state index in [4.69, 9.17) is 0 Å². The Labute approximate surface area is 249 Å². The van der Waals surface area contributed by atoms with Crippen molar-refractivity contribution in [3.05, 3.63) is 157 Å². The number of sulfonamides is 1. The van der Waals surface area contributed by atoms with Gasteiger partial charge in [0.25, 0.3) is 0 Å². The molecule has 0 unspecified atom stereocenters. The van der Waals surface area contributed by atoms with Crippen molar-refractivity contribution in [1.29, 1.82) is 0 Å². The first-order valence-corrected chi connectivity index (χ1v) is 16.7. The fraction of sp³-hybridized carbons (Fsp3) is 0.118. The zero-order valence-corrected chi connectivity index (χ0v) is 25.5. The molecule has 0 amide bonds. The SMILES string of the molecule is O=S(=O)(N[C@@H](CC[P+](c1ccccc1)(c1ccccc1)c1ccccc1)Cc1ccccc1)c1ccccc1.[Br-]. The van der Waals surface area contributed by atoms with Crippen LogP contribution < -0.4 is 37.6 Å². The molecule has 6 heteroatoms. The molecule has 0 heterocycles. The van der Waals surface area contributed by atoms with Crippen molar-refractivity contribution in [3.63, 3.8) is 0 Å². The van der Waals surface area contributed by atoms with Gasteiger partial charge in [0.1, 0.15) is 23.2 Å². The summed E-state index contributed by atoms with van der Waals surface area (Å²) in [5, 5.41) is 3.89. The number of rotatable bonds is 11. The fourth-order valence-electron chi connectivity index (χ4n) is 5.22. The van der Waals surface area contributed by atoms with Crippen LogP contribution in [0.4, 0.5) is 0 Å². The molecule has 3 nitrogen and oxygen atoms in total. The molecule has 0 aliphatic rings. The lowest BCUT2D eigenvalue weighted by atomic mass is 10.1. The summed E-state index contributed by atoms with van der Waals surface area (Å²) in [6, 6.07) is 50.7. The number of benzene rings is 5. The van der Waals surface area contributed by atoms with Crippen LogP contribution in [-0.4, -0.2) is 20.6 Å². The van der Waals surface area contributed by atoms with Gasteiger partial charge in [0.05, 0.1) is 11.1 Å². The Bertz CT molecular complexity index is 1460. The molecular formula is C34H33BrNO2PS. The van der Waals surface area contributed by atoms with Crippen molar-refractivity contribution >= 4 is 33.2 Å². The molecule has 0 saturated carbocycles. The lowest BCUT2D eigenvalue weighted by molar-refractivity contribution is -0.0000103. The van der Waals surface area contributed by atoms with E-state index in [1.54, 1.807) is 24.3 Å². The quantitative estimate of drug-likeness (QED) is 0.229. The average Bonchev–Trinajstić information content (AvgIpc) is 3.00. The van der Waals surface area contributed by atoms with Crippen molar-refractivity contribution < 1.29 is 25.4 Å². The predicted octanol–water partition coefficient (Wildman–Crippen LogP) is 2.96. The van der Waals surface area contributed by atoms with Crippen LogP contribution in [-0.2, 0) is 16.4 Å². The van der Waals surface area contributed by atoms with Crippen molar-refractivity contribution in [2.75, 3.05) is 6.16 Å². The maximum atomic E-state index is 13.5. The Balaban J connectivity index is 0.00000370. The van der Waals surface area contributed by atoms with Crippen molar-refractivity contribution in [3.8, 4) is 0 Å². The summed E-state index contributed by atoms with van der Waals surface area (Å²) in [7, 11) is -5.76. The third-order valence-corrected chi connectivity index (χ3v) is 13.1. The number of nitrogens with one attached hydrogen (secondary N) is 1. The number of hydrogen-bond acceptors (Lipinski definition) is 2. The first-order chi connectivity index (χ1) is 19.1. The highest BCUT2D eigenvalue weighted by molar-refractivity contribution is 7.95. The zero-order valence-electron chi connectivity index (χ0n) is 22.2. The summed E-state index contributed by atoms with van der Waals surface area (Å²) in [6.07, 6.45) is 2.14. The molecule has 0 spiro atoms. The molecule has 0 fully saturated rings. The molecule has 1 atom stereocenters. The van der Waals surface area contributed by atoms with Crippen molar-refractivity contribution in [1.82, 2.24) is 4.72 Å². The molecule has 204 valence electrons. The predicted molar refractivity (Wildman–Crippen MR) is 165 cm³/mol. The zero-order chi connectivity index (χ0) is 27.0. The third kappa shape index (κ3) is 6.97. The molecule has 0 bridgehead atoms. The summed E-state index contributed by atoms with van der Waals surface area (Å²) in [5.41, 5.74) is 1.11. The summed E-state index contributed by atoms with van der Waals surface area (Å²) in [6.45, 7) is 0. The highest BCUT2D eigenvalue weighted by Gasteiger charge is 2.45. The number of halogens is 1. The van der Waals surface area contributed by atoms with E-state index in [9.17, 15) is 8.42 Å². The highest BCUT2D eigenvalue weighted by Crippen LogP contribution is 2.56. The van der Waals surface area contributed by atoms with E-state index in [2.05, 4.69) is 108 Å². The summed E-state index contributed by atoms with van der Waals surface area (Å²) >= 11 is 0. The van der Waals surface area contributed by atoms with Crippen molar-refractivity contribution in [2.45, 2.75) is 23.8 Å². The maximum absolute atomic E-state index is 13.5. The topological polar surface area (TPSA) is 46.2 Å². The van der Waals surface area contributed by atoms with Gasteiger partial charge in [-0.3, -0.25) is 0 Å². The average molecular weight is 631 g/mol. The fourth-order valence-corrected chi connectivity index (χ4v) is 10.9. The second-order valence-electron chi connectivity index (χ2n) is 9.65. The van der Waals surface area contributed by atoms with Crippen LogP contribution in [0, 0.1) is 0 Å². The first-order valence-electron chi connectivity index (χ1n) is 13.2. The molecule has 0 aromatic heterocycles. The summed E-state index contributed by atoms with van der Waals surface area (Å²) < 4.78 is 30.0. The Morgan fingerprint density at radius 3 is 1.35 bits per heavy atom. The van der Waals surface area contributed by atoms with Crippen molar-refractivity contribution in [2.24, 2.45) is 0 Å². The lowest BCUT2D eigenvalue weighted by Crippen LogP contribution is -3.00. The molecule has 5 aromatic carbocycles. The van der Waals surface area contributed by atoms with Gasteiger partial charge in [0.15, 0.2) is 0 Å². The van der Waals surface area contributed by atoms with Crippen LogP contribution in [0.1, 0.15) is 12.0 Å². The van der Waals surface area contributed by atoms with Crippen LogP contribution in [0.25, 0.3) is 0 Å². The molecule has 0 radical (unpaired) electrons. The van der Waals surface area contributed by atoms with E-state index in [1.165, 1.54) is 15.9 Å². The second kappa shape index (κ2) is 14.0. The molecule has 5 aromatic rings. The Hall–Kier alpha value is -3.08. The van der Waals surface area contributed by atoms with Gasteiger partial charge >= 0.3 is 0 Å². The lowest BCUT2D eigenvalue weighted by Gasteiger charge is -2.29. The summed E-state index contributed by atoms with van der Waals surface area (Å²) in [4.78, 5) is 0.290. The second-order valence-corrected chi connectivity index (χ2v) is 15.0. The van der Waals surface area contributed by atoms with Gasteiger partial charge in [0.2, 0.25) is 10.0 Å². The van der Waals surface area contributed by atoms with Gasteiger partial charge in [-0.1, -0.05) is 103 Å². The van der Waals surface area contributed by atoms with Gasteiger partial charge in [-0.2, -0.15) is 0 Å². The summed E-state index contributed by atoms with van der Waals surface area (Å²) in [5.74, 6) is 0. The standard InChI is InChI=1S/C34H33NO2PS.BrH/c36-39(37,34-24-14-5-15-25-34)35-30(28-29-16-6-1-7-17-29)26-27-38(31-18-8-2-9-19-31,32-20-10-3-11-21-32)33-22-12-4-13-23-33;/h1-25,30,35H,26-28H2;1H/q+1;/p-1/t30-;/m0./s1. The third-order valence-electron chi connectivity index (χ3n) is 7.10. The molecule has 0 saturated heterocycles. The smallest absolute Gasteiger partial charge is 0.240 e. The van der Waals surface area contributed by atoms with E-state index in [0.717, 1.165) is 11.7 Å². The van der Waals surface area contributed by atoms with E-state index >= 15 is 0 Å². The van der Waals surface area contributed by atoms with Crippen LogP contribution >= 0.6 is 7.26 Å². The molecule has 0 aliphatic carbocycles. The maximum Gasteiger partial charge on any atom is 0.240 e. The van der Waals surface area contributed by atoms with Crippen LogP contribution in [0.15, 0.2) is 157 Å². The minimum absolute atomic E-state index is 0. The van der Waals surface area contributed by atoms with E-state index in [1.807, 2.05) is 24.3 Å². The van der Waals surface area contributed by atoms with E-state index in [0.29, 0.717) is 17.7 Å². The normalized spacial score (nSPS) is 12.3. The molecule has 1 N–H and O–H groups in total. The van der Waals surface area contributed by atoms with Crippen LogP contribution in [0.3, 0.4) is 0 Å². The first kappa shape index (κ1) is 29.9. The molecular weight excluding hydrogens is 597 g/mol.